The van der Waals surface area contributed by atoms with Gasteiger partial charge in [-0.15, -0.1) is 0 Å². The van der Waals surface area contributed by atoms with Crippen molar-refractivity contribution in [3.63, 3.8) is 0 Å². The summed E-state index contributed by atoms with van der Waals surface area (Å²) in [5.74, 6) is 1.44. The molecule has 0 aliphatic carbocycles. The van der Waals surface area contributed by atoms with Crippen LogP contribution >= 0.6 is 0 Å². The molecular formula is C17H16N2O2. The van der Waals surface area contributed by atoms with Gasteiger partial charge in [-0.1, -0.05) is 18.2 Å². The molecule has 0 saturated carbocycles. The molecule has 1 heterocycles. The fraction of sp³-hybridized carbons (Fsp3) is 0.118. The van der Waals surface area contributed by atoms with Crippen molar-refractivity contribution in [1.29, 1.82) is 0 Å². The Kier molecular flexibility index (Phi) is 3.60. The molecule has 3 aromatic rings. The number of hydrogen-bond donors (Lipinski definition) is 0. The highest BCUT2D eigenvalue weighted by Crippen LogP contribution is 2.28. The van der Waals surface area contributed by atoms with Crippen molar-refractivity contribution in [3.05, 3.63) is 54.4 Å². The summed E-state index contributed by atoms with van der Waals surface area (Å²) in [4.78, 5) is 4.36. The van der Waals surface area contributed by atoms with E-state index in [0.29, 0.717) is 0 Å². The van der Waals surface area contributed by atoms with E-state index >= 15 is 0 Å². The first kappa shape index (κ1) is 13.2. The third kappa shape index (κ3) is 2.60. The largest absolute Gasteiger partial charge is 0.493 e. The van der Waals surface area contributed by atoms with Crippen molar-refractivity contribution in [1.82, 2.24) is 9.55 Å². The lowest BCUT2D eigenvalue weighted by molar-refractivity contribution is 0.355. The maximum atomic E-state index is 5.31. The fourth-order valence-electron chi connectivity index (χ4n) is 2.22. The zero-order valence-electron chi connectivity index (χ0n) is 12.0. The standard InChI is InChI=1S/C17H16N2O2/c1-20-16-8-7-13(11-17(16)21-2)9-10-19-12-18-14-5-3-4-6-15(14)19/h3-12H,1-2H3. The Morgan fingerprint density at radius 3 is 2.62 bits per heavy atom. The molecule has 0 fully saturated rings. The van der Waals surface area contributed by atoms with Gasteiger partial charge < -0.3 is 14.0 Å². The van der Waals surface area contributed by atoms with Gasteiger partial charge in [-0.05, 0) is 35.9 Å². The van der Waals surface area contributed by atoms with Gasteiger partial charge in [0.15, 0.2) is 11.5 Å². The summed E-state index contributed by atoms with van der Waals surface area (Å²) in [6.45, 7) is 0. The Bertz CT molecular complexity index is 790. The van der Waals surface area contributed by atoms with Gasteiger partial charge in [0.2, 0.25) is 0 Å². The van der Waals surface area contributed by atoms with E-state index in [2.05, 4.69) is 4.98 Å². The summed E-state index contributed by atoms with van der Waals surface area (Å²) in [7, 11) is 3.26. The Labute approximate surface area is 123 Å². The maximum absolute atomic E-state index is 5.31. The van der Waals surface area contributed by atoms with E-state index in [1.165, 1.54) is 0 Å². The second-order valence-electron chi connectivity index (χ2n) is 4.57. The van der Waals surface area contributed by atoms with E-state index in [4.69, 9.17) is 9.47 Å². The van der Waals surface area contributed by atoms with Gasteiger partial charge in [0.1, 0.15) is 0 Å². The number of fused-ring (bicyclic) bond motifs is 1. The van der Waals surface area contributed by atoms with Crippen molar-refractivity contribution in [3.8, 4) is 11.5 Å². The predicted octanol–water partition coefficient (Wildman–Crippen LogP) is 3.68. The molecule has 0 N–H and O–H groups in total. The second kappa shape index (κ2) is 5.71. The summed E-state index contributed by atoms with van der Waals surface area (Å²) in [6, 6.07) is 13.8. The molecule has 2 aromatic carbocycles. The molecule has 0 bridgehead atoms. The number of rotatable bonds is 4. The summed E-state index contributed by atoms with van der Waals surface area (Å²) >= 11 is 0. The number of hydrogen-bond acceptors (Lipinski definition) is 3. The fourth-order valence-corrected chi connectivity index (χ4v) is 2.22. The molecule has 0 spiro atoms. The molecule has 0 saturated heterocycles. The Balaban J connectivity index is 1.92. The van der Waals surface area contributed by atoms with Crippen molar-refractivity contribution in [2.75, 3.05) is 14.2 Å². The van der Waals surface area contributed by atoms with Gasteiger partial charge in [0, 0.05) is 6.20 Å². The van der Waals surface area contributed by atoms with Crippen LogP contribution < -0.4 is 9.47 Å². The average Bonchev–Trinajstić information content (AvgIpc) is 2.96. The quantitative estimate of drug-likeness (QED) is 0.731. The van der Waals surface area contributed by atoms with Gasteiger partial charge in [-0.2, -0.15) is 0 Å². The molecule has 4 nitrogen and oxygen atoms in total. The van der Waals surface area contributed by atoms with Crippen LogP contribution in [0.4, 0.5) is 0 Å². The number of nitrogens with zero attached hydrogens (tertiary/aromatic N) is 2. The van der Waals surface area contributed by atoms with Gasteiger partial charge >= 0.3 is 0 Å². The first-order chi connectivity index (χ1) is 10.3. The van der Waals surface area contributed by atoms with Crippen LogP contribution in [-0.4, -0.2) is 23.8 Å². The van der Waals surface area contributed by atoms with Crippen LogP contribution in [0.1, 0.15) is 5.56 Å². The van der Waals surface area contributed by atoms with Crippen LogP contribution in [0.3, 0.4) is 0 Å². The van der Waals surface area contributed by atoms with Gasteiger partial charge in [0.05, 0.1) is 31.6 Å². The van der Waals surface area contributed by atoms with Crippen LogP contribution in [0.2, 0.25) is 0 Å². The summed E-state index contributed by atoms with van der Waals surface area (Å²) < 4.78 is 12.5. The monoisotopic (exact) mass is 280 g/mol. The number of methoxy groups -OCH3 is 2. The molecule has 0 aliphatic rings. The SMILES string of the molecule is COc1ccc(C=Cn2cnc3ccccc32)cc1OC. The number of para-hydroxylation sites is 2. The van der Waals surface area contributed by atoms with Crippen LogP contribution in [0, 0.1) is 0 Å². The molecule has 0 radical (unpaired) electrons. The first-order valence-electron chi connectivity index (χ1n) is 6.63. The summed E-state index contributed by atoms with van der Waals surface area (Å²) in [5.41, 5.74) is 3.09. The molecule has 3 rings (SSSR count). The van der Waals surface area contributed by atoms with E-state index < -0.39 is 0 Å². The molecule has 0 aliphatic heterocycles. The van der Waals surface area contributed by atoms with E-state index in [1.54, 1.807) is 14.2 Å². The van der Waals surface area contributed by atoms with Crippen LogP contribution in [0.25, 0.3) is 23.3 Å². The molecule has 21 heavy (non-hydrogen) atoms. The molecule has 0 atom stereocenters. The number of benzene rings is 2. The van der Waals surface area contributed by atoms with Crippen molar-refractivity contribution in [2.45, 2.75) is 0 Å². The maximum Gasteiger partial charge on any atom is 0.161 e. The lowest BCUT2D eigenvalue weighted by atomic mass is 10.2. The third-order valence-corrected chi connectivity index (χ3v) is 3.32. The Morgan fingerprint density at radius 2 is 1.81 bits per heavy atom. The summed E-state index contributed by atoms with van der Waals surface area (Å²) in [6.07, 6.45) is 5.80. The van der Waals surface area contributed by atoms with Crippen molar-refractivity contribution < 1.29 is 9.47 Å². The van der Waals surface area contributed by atoms with Gasteiger partial charge in [0.25, 0.3) is 0 Å². The third-order valence-electron chi connectivity index (χ3n) is 3.32. The highest BCUT2D eigenvalue weighted by atomic mass is 16.5. The minimum Gasteiger partial charge on any atom is -0.493 e. The number of ether oxygens (including phenoxy) is 2. The van der Waals surface area contributed by atoms with Crippen molar-refractivity contribution in [2.24, 2.45) is 0 Å². The first-order valence-corrected chi connectivity index (χ1v) is 6.63. The Hall–Kier alpha value is -2.75. The smallest absolute Gasteiger partial charge is 0.161 e. The molecule has 0 amide bonds. The lowest BCUT2D eigenvalue weighted by Gasteiger charge is -2.07. The van der Waals surface area contributed by atoms with E-state index in [-0.39, 0.29) is 0 Å². The van der Waals surface area contributed by atoms with E-state index in [1.807, 2.05) is 65.6 Å². The van der Waals surface area contributed by atoms with E-state index in [9.17, 15) is 0 Å². The molecule has 4 heteroatoms. The highest BCUT2D eigenvalue weighted by molar-refractivity contribution is 5.79. The zero-order valence-corrected chi connectivity index (χ0v) is 12.0. The normalized spacial score (nSPS) is 11.1. The topological polar surface area (TPSA) is 36.3 Å². The van der Waals surface area contributed by atoms with Crippen molar-refractivity contribution >= 4 is 23.3 Å². The van der Waals surface area contributed by atoms with Crippen LogP contribution in [-0.2, 0) is 0 Å². The second-order valence-corrected chi connectivity index (χ2v) is 4.57. The van der Waals surface area contributed by atoms with Crippen LogP contribution in [0.5, 0.6) is 11.5 Å². The average molecular weight is 280 g/mol. The molecule has 0 unspecified atom stereocenters. The number of aromatic nitrogens is 2. The highest BCUT2D eigenvalue weighted by Gasteiger charge is 2.03. The summed E-state index contributed by atoms with van der Waals surface area (Å²) in [5, 5.41) is 0. The van der Waals surface area contributed by atoms with Gasteiger partial charge in [-0.25, -0.2) is 4.98 Å². The molecule has 1 aromatic heterocycles. The number of imidazole rings is 1. The van der Waals surface area contributed by atoms with Crippen LogP contribution in [0.15, 0.2) is 48.8 Å². The minimum atomic E-state index is 0.718. The predicted molar refractivity (Wildman–Crippen MR) is 84.5 cm³/mol. The van der Waals surface area contributed by atoms with Gasteiger partial charge in [-0.3, -0.25) is 0 Å². The molecular weight excluding hydrogens is 264 g/mol. The van der Waals surface area contributed by atoms with E-state index in [0.717, 1.165) is 28.1 Å². The lowest BCUT2D eigenvalue weighted by Crippen LogP contribution is -1.90. The zero-order chi connectivity index (χ0) is 14.7. The Morgan fingerprint density at radius 1 is 1.00 bits per heavy atom. The molecule has 106 valence electrons. The minimum absolute atomic E-state index is 0.718.